The first-order valence-corrected chi connectivity index (χ1v) is 11.5. The number of aromatic amines is 1. The average Bonchev–Trinajstić information content (AvgIpc) is 3.39. The number of aromatic nitrogens is 3. The van der Waals surface area contributed by atoms with Gasteiger partial charge in [-0.05, 0) is 24.8 Å². The van der Waals surface area contributed by atoms with E-state index in [9.17, 15) is 23.1 Å². The topological polar surface area (TPSA) is 130 Å². The summed E-state index contributed by atoms with van der Waals surface area (Å²) in [7, 11) is 1.85. The first-order chi connectivity index (χ1) is 16.5. The van der Waals surface area contributed by atoms with E-state index in [4.69, 9.17) is 5.41 Å². The molecule has 192 valence electrons. The van der Waals surface area contributed by atoms with Crippen LogP contribution in [0.5, 0.6) is 0 Å². The number of alkyl halides is 3. The molecule has 9 nitrogen and oxygen atoms in total. The molecule has 2 aromatic rings. The van der Waals surface area contributed by atoms with Gasteiger partial charge in [-0.3, -0.25) is 14.9 Å². The lowest BCUT2D eigenvalue weighted by molar-refractivity contribution is -0.278. The maximum absolute atomic E-state index is 12.6. The molecule has 1 amide bonds. The van der Waals surface area contributed by atoms with E-state index in [1.165, 1.54) is 11.1 Å². The summed E-state index contributed by atoms with van der Waals surface area (Å²) in [5, 5.41) is 30.4. The molecule has 1 saturated heterocycles. The molecule has 0 aromatic carbocycles. The maximum atomic E-state index is 12.6. The van der Waals surface area contributed by atoms with Crippen molar-refractivity contribution in [1.29, 1.82) is 5.41 Å². The number of carbonyl (C=O) groups is 1. The van der Waals surface area contributed by atoms with Gasteiger partial charge in [0.1, 0.15) is 5.69 Å². The lowest BCUT2D eigenvalue weighted by atomic mass is 9.84. The zero-order valence-corrected chi connectivity index (χ0v) is 20.0. The Balaban J connectivity index is 0.000000203. The molecule has 1 aliphatic heterocycles. The maximum Gasteiger partial charge on any atom is 0.417 e. The van der Waals surface area contributed by atoms with Gasteiger partial charge in [-0.25, -0.2) is 0 Å². The summed E-state index contributed by atoms with van der Waals surface area (Å²) in [6.45, 7) is 5.13. The first kappa shape index (κ1) is 26.5. The Morgan fingerprint density at radius 2 is 2.00 bits per heavy atom. The summed E-state index contributed by atoms with van der Waals surface area (Å²) in [5.41, 5.74) is 0.901. The minimum Gasteiger partial charge on any atom is -0.385 e. The predicted molar refractivity (Wildman–Crippen MR) is 128 cm³/mol. The van der Waals surface area contributed by atoms with Gasteiger partial charge in [-0.15, -0.1) is 0 Å². The Labute approximate surface area is 202 Å². The second-order valence-electron chi connectivity index (χ2n) is 9.46. The quantitative estimate of drug-likeness (QED) is 0.295. The number of halogens is 3. The summed E-state index contributed by atoms with van der Waals surface area (Å²) in [6, 6.07) is 1.94. The van der Waals surface area contributed by atoms with Crippen LogP contribution >= 0.6 is 0 Å². The zero-order valence-electron chi connectivity index (χ0n) is 20.0. The summed E-state index contributed by atoms with van der Waals surface area (Å²) >= 11 is 0. The molecule has 1 unspecified atom stereocenters. The number of nitrogens with zero attached hydrogens (tertiary/aromatic N) is 3. The number of pyridine rings is 1. The third kappa shape index (κ3) is 5.75. The van der Waals surface area contributed by atoms with E-state index in [0.29, 0.717) is 25.2 Å². The molecule has 2 fully saturated rings. The van der Waals surface area contributed by atoms with Crippen molar-refractivity contribution in [2.75, 3.05) is 30.8 Å². The Morgan fingerprint density at radius 1 is 1.29 bits per heavy atom. The van der Waals surface area contributed by atoms with Gasteiger partial charge in [0.2, 0.25) is 6.41 Å². The first-order valence-electron chi connectivity index (χ1n) is 11.5. The normalized spacial score (nSPS) is 20.7. The molecule has 1 saturated carbocycles. The molecular weight excluding hydrogens is 463 g/mol. The van der Waals surface area contributed by atoms with Crippen molar-refractivity contribution in [1.82, 2.24) is 20.1 Å². The fourth-order valence-corrected chi connectivity index (χ4v) is 4.15. The highest BCUT2D eigenvalue weighted by Crippen LogP contribution is 2.54. The molecule has 2 aromatic heterocycles. The molecule has 0 radical (unpaired) electrons. The van der Waals surface area contributed by atoms with E-state index in [1.807, 2.05) is 13.1 Å². The highest BCUT2D eigenvalue weighted by atomic mass is 19.4. The largest absolute Gasteiger partial charge is 0.417 e. The summed E-state index contributed by atoms with van der Waals surface area (Å²) < 4.78 is 37.7. The van der Waals surface area contributed by atoms with E-state index in [-0.39, 0.29) is 13.0 Å². The molecule has 1 spiro atoms. The Hall–Kier alpha value is -3.15. The average molecular weight is 496 g/mol. The number of piperidine rings is 1. The highest BCUT2D eigenvalue weighted by Gasteiger charge is 2.64. The lowest BCUT2D eigenvalue weighted by Gasteiger charge is -2.43. The van der Waals surface area contributed by atoms with Crippen LogP contribution in [-0.2, 0) is 4.79 Å². The van der Waals surface area contributed by atoms with Crippen LogP contribution in [-0.4, -0.2) is 75.3 Å². The Kier molecular flexibility index (Phi) is 7.73. The fraction of sp³-hybridized carbons (Fsp3) is 0.565. The van der Waals surface area contributed by atoms with Gasteiger partial charge in [0.25, 0.3) is 0 Å². The smallest absolute Gasteiger partial charge is 0.385 e. The van der Waals surface area contributed by atoms with Crippen LogP contribution in [0.4, 0.5) is 24.5 Å². The standard InChI is InChI=1S/C14H20N6.C9H12F3NO2/c1-9(2)6-17-11-4-12(18-7-10(11)5-15)14-13(16-3)8-19-20-14;10-9(11,12)8(15)3-4-13(6-14)7(5-8)1-2-7/h4-5,7-9,15-16H,6H2,1-3H3,(H,17,18)(H,19,20);6,15H,1-5H2. The fourth-order valence-electron chi connectivity index (χ4n) is 4.15. The van der Waals surface area contributed by atoms with Crippen molar-refractivity contribution in [2.45, 2.75) is 56.8 Å². The van der Waals surface area contributed by atoms with Gasteiger partial charge >= 0.3 is 6.18 Å². The number of anilines is 2. The summed E-state index contributed by atoms with van der Waals surface area (Å²) in [5.74, 6) is 0.533. The number of aliphatic hydroxyl groups is 1. The van der Waals surface area contributed by atoms with Gasteiger partial charge in [-0.2, -0.15) is 18.3 Å². The monoisotopic (exact) mass is 495 g/mol. The van der Waals surface area contributed by atoms with Gasteiger partial charge in [-0.1, -0.05) is 13.8 Å². The third-order valence-corrected chi connectivity index (χ3v) is 6.43. The van der Waals surface area contributed by atoms with Crippen LogP contribution in [0.1, 0.15) is 45.1 Å². The zero-order chi connectivity index (χ0) is 25.9. The van der Waals surface area contributed by atoms with Crippen molar-refractivity contribution < 1.29 is 23.1 Å². The second-order valence-corrected chi connectivity index (χ2v) is 9.46. The molecule has 35 heavy (non-hydrogen) atoms. The van der Waals surface area contributed by atoms with Crippen molar-refractivity contribution in [3.63, 3.8) is 0 Å². The lowest BCUT2D eigenvalue weighted by Crippen LogP contribution is -2.58. The van der Waals surface area contributed by atoms with Crippen molar-refractivity contribution in [2.24, 2.45) is 5.92 Å². The van der Waals surface area contributed by atoms with E-state index in [2.05, 4.69) is 39.7 Å². The van der Waals surface area contributed by atoms with Gasteiger partial charge in [0.05, 0.1) is 17.6 Å². The SMILES string of the molecule is CNc1cn[nH]c1-c1cc(NCC(C)C)c(C=N)cn1.O=CN1CCC(O)(C(F)(F)F)CC12CC2. The molecule has 12 heteroatoms. The van der Waals surface area contributed by atoms with E-state index in [0.717, 1.165) is 34.9 Å². The molecule has 4 rings (SSSR count). The number of H-pyrrole nitrogens is 1. The molecular formula is C23H32F3N7O2. The van der Waals surface area contributed by atoms with Crippen LogP contribution in [0.15, 0.2) is 18.5 Å². The number of carbonyl (C=O) groups excluding carboxylic acids is 1. The predicted octanol–water partition coefficient (Wildman–Crippen LogP) is 3.64. The number of hydrogen-bond donors (Lipinski definition) is 5. The van der Waals surface area contributed by atoms with Crippen LogP contribution < -0.4 is 10.6 Å². The Morgan fingerprint density at radius 3 is 2.54 bits per heavy atom. The van der Waals surface area contributed by atoms with Gasteiger partial charge < -0.3 is 26.0 Å². The van der Waals surface area contributed by atoms with Crippen LogP contribution in [0.2, 0.25) is 0 Å². The van der Waals surface area contributed by atoms with E-state index < -0.39 is 23.7 Å². The third-order valence-electron chi connectivity index (χ3n) is 6.43. The van der Waals surface area contributed by atoms with Crippen LogP contribution in [0, 0.1) is 11.3 Å². The molecule has 5 N–H and O–H groups in total. The molecule has 1 atom stereocenters. The molecule has 1 aliphatic carbocycles. The Bertz CT molecular complexity index is 1040. The van der Waals surface area contributed by atoms with Crippen LogP contribution in [0.3, 0.4) is 0 Å². The van der Waals surface area contributed by atoms with Crippen LogP contribution in [0.25, 0.3) is 11.4 Å². The number of nitrogens with one attached hydrogen (secondary N) is 4. The molecule has 3 heterocycles. The van der Waals surface area contributed by atoms with Crippen molar-refractivity contribution in [3.05, 3.63) is 24.0 Å². The number of rotatable bonds is 7. The van der Waals surface area contributed by atoms with E-state index >= 15 is 0 Å². The molecule has 2 aliphatic rings. The van der Waals surface area contributed by atoms with Gasteiger partial charge in [0, 0.05) is 62.2 Å². The highest BCUT2D eigenvalue weighted by molar-refractivity contribution is 5.87. The minimum atomic E-state index is -4.60. The molecule has 0 bridgehead atoms. The van der Waals surface area contributed by atoms with Gasteiger partial charge in [0.15, 0.2) is 5.60 Å². The van der Waals surface area contributed by atoms with Crippen molar-refractivity contribution >= 4 is 24.0 Å². The number of likely N-dealkylation sites (tertiary alicyclic amines) is 1. The van der Waals surface area contributed by atoms with E-state index in [1.54, 1.807) is 12.4 Å². The summed E-state index contributed by atoms with van der Waals surface area (Å²) in [6.07, 6.45) is 1.05. The van der Waals surface area contributed by atoms with Crippen molar-refractivity contribution in [3.8, 4) is 11.4 Å². The second kappa shape index (κ2) is 10.2. The number of amides is 1. The minimum absolute atomic E-state index is 0.0144. The summed E-state index contributed by atoms with van der Waals surface area (Å²) in [4.78, 5) is 16.4. The number of hydrogen-bond acceptors (Lipinski definition) is 7.